The van der Waals surface area contributed by atoms with Gasteiger partial charge in [-0.2, -0.15) is 0 Å². The number of hydrogen-bond donors (Lipinski definition) is 1. The van der Waals surface area contributed by atoms with Crippen molar-refractivity contribution in [3.8, 4) is 0 Å². The number of hydrogen-bond acceptors (Lipinski definition) is 3. The van der Waals surface area contributed by atoms with Gasteiger partial charge in [-0.1, -0.05) is 23.8 Å². The monoisotopic (exact) mass is 267 g/mol. The van der Waals surface area contributed by atoms with E-state index in [0.717, 1.165) is 19.5 Å². The lowest BCUT2D eigenvalue weighted by Gasteiger charge is -2.11. The predicted octanol–water partition coefficient (Wildman–Crippen LogP) is 1.83. The highest BCUT2D eigenvalue weighted by molar-refractivity contribution is 7.91. The van der Waals surface area contributed by atoms with Gasteiger partial charge in [0.25, 0.3) is 0 Å². The van der Waals surface area contributed by atoms with Crippen LogP contribution < -0.4 is 5.32 Å². The molecule has 100 valence electrons. The second kappa shape index (κ2) is 5.41. The van der Waals surface area contributed by atoms with Crippen LogP contribution in [0.3, 0.4) is 0 Å². The highest BCUT2D eigenvalue weighted by atomic mass is 32.2. The van der Waals surface area contributed by atoms with E-state index < -0.39 is 9.84 Å². The van der Waals surface area contributed by atoms with Crippen LogP contribution in [0.1, 0.15) is 23.1 Å². The maximum Gasteiger partial charge on any atom is 0.150 e. The third-order valence-corrected chi connectivity index (χ3v) is 5.42. The second-order valence-corrected chi connectivity index (χ2v) is 7.56. The molecule has 0 radical (unpaired) electrons. The summed E-state index contributed by atoms with van der Waals surface area (Å²) in [6.45, 7) is 5.82. The Morgan fingerprint density at radius 2 is 2.11 bits per heavy atom. The molecule has 1 N–H and O–H groups in total. The highest BCUT2D eigenvalue weighted by Gasteiger charge is 2.27. The largest absolute Gasteiger partial charge is 0.312 e. The van der Waals surface area contributed by atoms with Crippen LogP contribution in [0.15, 0.2) is 18.2 Å². The number of sulfone groups is 1. The lowest BCUT2D eigenvalue weighted by atomic mass is 10.1. The minimum atomic E-state index is -2.75. The first-order chi connectivity index (χ1) is 8.46. The van der Waals surface area contributed by atoms with Crippen LogP contribution in [-0.4, -0.2) is 26.5 Å². The quantitative estimate of drug-likeness (QED) is 0.905. The van der Waals surface area contributed by atoms with Crippen LogP contribution in [-0.2, 0) is 16.4 Å². The lowest BCUT2D eigenvalue weighted by Crippen LogP contribution is -2.23. The predicted molar refractivity (Wildman–Crippen MR) is 74.4 cm³/mol. The Morgan fingerprint density at radius 3 is 2.78 bits per heavy atom. The van der Waals surface area contributed by atoms with E-state index in [9.17, 15) is 8.42 Å². The van der Waals surface area contributed by atoms with E-state index >= 15 is 0 Å². The fourth-order valence-corrected chi connectivity index (χ4v) is 4.30. The molecular formula is C14H21NO2S. The van der Waals surface area contributed by atoms with Crippen molar-refractivity contribution in [3.63, 3.8) is 0 Å². The Hall–Kier alpha value is -0.870. The van der Waals surface area contributed by atoms with Crippen LogP contribution in [0.5, 0.6) is 0 Å². The molecule has 4 heteroatoms. The number of benzene rings is 1. The van der Waals surface area contributed by atoms with E-state index in [1.54, 1.807) is 0 Å². The average molecular weight is 267 g/mol. The molecule has 0 saturated carbocycles. The van der Waals surface area contributed by atoms with Crippen molar-refractivity contribution >= 4 is 9.84 Å². The standard InChI is InChI=1S/C14H21NO2S/c1-11-3-4-12(2)14(7-11)9-15-8-13-5-6-18(16,17)10-13/h3-4,7,13,15H,5-6,8-10H2,1-2H3. The zero-order valence-electron chi connectivity index (χ0n) is 11.1. The van der Waals surface area contributed by atoms with E-state index in [1.807, 2.05) is 0 Å². The molecule has 1 unspecified atom stereocenters. The first-order valence-electron chi connectivity index (χ1n) is 6.43. The Labute approximate surface area is 110 Å². The Morgan fingerprint density at radius 1 is 1.33 bits per heavy atom. The second-order valence-electron chi connectivity index (χ2n) is 5.33. The zero-order valence-corrected chi connectivity index (χ0v) is 11.9. The Kier molecular flexibility index (Phi) is 4.07. The molecule has 18 heavy (non-hydrogen) atoms. The number of rotatable bonds is 4. The van der Waals surface area contributed by atoms with Crippen LogP contribution in [0, 0.1) is 19.8 Å². The van der Waals surface area contributed by atoms with Gasteiger partial charge in [0.15, 0.2) is 9.84 Å². The SMILES string of the molecule is Cc1ccc(C)c(CNCC2CCS(=O)(=O)C2)c1. The summed E-state index contributed by atoms with van der Waals surface area (Å²) in [5.74, 6) is 1.01. The molecule has 1 atom stereocenters. The molecule has 1 aliphatic heterocycles. The molecule has 3 nitrogen and oxygen atoms in total. The topological polar surface area (TPSA) is 46.2 Å². The van der Waals surface area contributed by atoms with Crippen molar-refractivity contribution in [1.82, 2.24) is 5.32 Å². The molecule has 1 heterocycles. The van der Waals surface area contributed by atoms with E-state index in [-0.39, 0.29) is 0 Å². The molecular weight excluding hydrogens is 246 g/mol. The molecule has 0 aliphatic carbocycles. The van der Waals surface area contributed by atoms with Gasteiger partial charge in [-0.25, -0.2) is 8.42 Å². The summed E-state index contributed by atoms with van der Waals surface area (Å²) in [4.78, 5) is 0. The molecule has 1 aromatic carbocycles. The third kappa shape index (κ3) is 3.56. The maximum absolute atomic E-state index is 11.3. The lowest BCUT2D eigenvalue weighted by molar-refractivity contribution is 0.520. The molecule has 2 rings (SSSR count). The van der Waals surface area contributed by atoms with E-state index in [4.69, 9.17) is 0 Å². The third-order valence-electron chi connectivity index (χ3n) is 3.58. The van der Waals surface area contributed by atoms with Crippen molar-refractivity contribution in [3.05, 3.63) is 34.9 Å². The van der Waals surface area contributed by atoms with Gasteiger partial charge < -0.3 is 5.32 Å². The van der Waals surface area contributed by atoms with Gasteiger partial charge in [0.2, 0.25) is 0 Å². The molecule has 0 spiro atoms. The molecule has 1 saturated heterocycles. The van der Waals surface area contributed by atoms with Crippen LogP contribution in [0.25, 0.3) is 0 Å². The molecule has 1 fully saturated rings. The summed E-state index contributed by atoms with van der Waals surface area (Å²) in [7, 11) is -2.75. The molecule has 1 aliphatic rings. The van der Waals surface area contributed by atoms with Crippen molar-refractivity contribution in [2.45, 2.75) is 26.8 Å². The number of aryl methyl sites for hydroxylation is 2. The Balaban J connectivity index is 1.84. The summed E-state index contributed by atoms with van der Waals surface area (Å²) in [5.41, 5.74) is 3.85. The summed E-state index contributed by atoms with van der Waals surface area (Å²) >= 11 is 0. The van der Waals surface area contributed by atoms with E-state index in [2.05, 4.69) is 37.4 Å². The van der Waals surface area contributed by atoms with Crippen LogP contribution in [0.2, 0.25) is 0 Å². The highest BCUT2D eigenvalue weighted by Crippen LogP contribution is 2.17. The van der Waals surface area contributed by atoms with Crippen molar-refractivity contribution in [2.75, 3.05) is 18.1 Å². The van der Waals surface area contributed by atoms with Gasteiger partial charge in [-0.05, 0) is 43.9 Å². The van der Waals surface area contributed by atoms with Gasteiger partial charge in [0.1, 0.15) is 0 Å². The molecule has 0 bridgehead atoms. The van der Waals surface area contributed by atoms with Gasteiger partial charge in [-0.3, -0.25) is 0 Å². The normalized spacial score (nSPS) is 22.2. The maximum atomic E-state index is 11.3. The van der Waals surface area contributed by atoms with Crippen LogP contribution >= 0.6 is 0 Å². The first-order valence-corrected chi connectivity index (χ1v) is 8.26. The first kappa shape index (κ1) is 13.6. The zero-order chi connectivity index (χ0) is 13.2. The van der Waals surface area contributed by atoms with Gasteiger partial charge in [0, 0.05) is 6.54 Å². The van der Waals surface area contributed by atoms with Gasteiger partial charge >= 0.3 is 0 Å². The fourth-order valence-electron chi connectivity index (χ4n) is 2.43. The van der Waals surface area contributed by atoms with Crippen molar-refractivity contribution < 1.29 is 8.42 Å². The number of nitrogens with one attached hydrogen (secondary N) is 1. The average Bonchev–Trinajstić information content (AvgIpc) is 2.63. The fraction of sp³-hybridized carbons (Fsp3) is 0.571. The van der Waals surface area contributed by atoms with E-state index in [1.165, 1.54) is 16.7 Å². The van der Waals surface area contributed by atoms with Crippen molar-refractivity contribution in [1.29, 1.82) is 0 Å². The molecule has 0 amide bonds. The van der Waals surface area contributed by atoms with Gasteiger partial charge in [-0.15, -0.1) is 0 Å². The minimum absolute atomic E-state index is 0.292. The Bertz CT molecular complexity index is 523. The molecule has 0 aromatic heterocycles. The minimum Gasteiger partial charge on any atom is -0.312 e. The summed E-state index contributed by atoms with van der Waals surface area (Å²) in [6.07, 6.45) is 0.808. The summed E-state index contributed by atoms with van der Waals surface area (Å²) in [6, 6.07) is 6.43. The smallest absolute Gasteiger partial charge is 0.150 e. The van der Waals surface area contributed by atoms with Crippen LogP contribution in [0.4, 0.5) is 0 Å². The molecule has 1 aromatic rings. The summed E-state index contributed by atoms with van der Waals surface area (Å²) in [5, 5.41) is 3.38. The van der Waals surface area contributed by atoms with Crippen molar-refractivity contribution in [2.24, 2.45) is 5.92 Å². The van der Waals surface area contributed by atoms with E-state index in [0.29, 0.717) is 17.4 Å². The summed E-state index contributed by atoms with van der Waals surface area (Å²) < 4.78 is 22.7. The van der Waals surface area contributed by atoms with Gasteiger partial charge in [0.05, 0.1) is 11.5 Å².